The number of aromatic nitrogens is 3. The third-order valence-electron chi connectivity index (χ3n) is 6.00. The Kier molecular flexibility index (Phi) is 4.12. The normalized spacial score (nSPS) is 16.6. The van der Waals surface area contributed by atoms with Crippen LogP contribution in [-0.4, -0.2) is 20.9 Å². The Bertz CT molecular complexity index is 1060. The monoisotopic (exact) mass is 362 g/mol. The maximum Gasteiger partial charge on any atom is 0.260 e. The first-order valence-corrected chi connectivity index (χ1v) is 10.1. The van der Waals surface area contributed by atoms with Gasteiger partial charge in [0.2, 0.25) is 0 Å². The van der Waals surface area contributed by atoms with Gasteiger partial charge in [0.1, 0.15) is 5.65 Å². The molecule has 0 unspecified atom stereocenters. The molecule has 5 nitrogen and oxygen atoms in total. The minimum Gasteiger partial charge on any atom is -0.312 e. The minimum atomic E-state index is 0.129. The van der Waals surface area contributed by atoms with Crippen LogP contribution < -0.4 is 10.9 Å². The molecule has 1 aromatic carbocycles. The summed E-state index contributed by atoms with van der Waals surface area (Å²) in [5, 5.41) is 9.15. The van der Waals surface area contributed by atoms with Crippen molar-refractivity contribution >= 4 is 11.0 Å². The molecule has 0 amide bonds. The molecule has 27 heavy (non-hydrogen) atoms. The highest BCUT2D eigenvalue weighted by molar-refractivity contribution is 5.82. The number of hydrogen-bond acceptors (Lipinski definition) is 3. The van der Waals surface area contributed by atoms with Crippen molar-refractivity contribution in [2.45, 2.75) is 45.1 Å². The predicted molar refractivity (Wildman–Crippen MR) is 107 cm³/mol. The lowest BCUT2D eigenvalue weighted by Crippen LogP contribution is -2.27. The molecule has 0 bridgehead atoms. The molecule has 0 radical (unpaired) electrons. The number of rotatable bonds is 5. The Morgan fingerprint density at radius 3 is 2.81 bits per heavy atom. The summed E-state index contributed by atoms with van der Waals surface area (Å²) in [6.07, 6.45) is 8.75. The maximum atomic E-state index is 13.4. The highest BCUT2D eigenvalue weighted by atomic mass is 16.1. The summed E-state index contributed by atoms with van der Waals surface area (Å²) in [6.45, 7) is 1.94. The topological polar surface area (TPSA) is 51.9 Å². The van der Waals surface area contributed by atoms with Crippen LogP contribution in [0.15, 0.2) is 35.3 Å². The molecule has 0 spiro atoms. The van der Waals surface area contributed by atoms with Gasteiger partial charge in [-0.05, 0) is 74.2 Å². The predicted octanol–water partition coefficient (Wildman–Crippen LogP) is 3.10. The molecule has 1 N–H and O–H groups in total. The summed E-state index contributed by atoms with van der Waals surface area (Å²) < 4.78 is 3.71. The van der Waals surface area contributed by atoms with Crippen LogP contribution in [0.5, 0.6) is 0 Å². The Balaban J connectivity index is 1.61. The molecule has 2 heterocycles. The van der Waals surface area contributed by atoms with Crippen molar-refractivity contribution in [2.75, 3.05) is 6.54 Å². The molecule has 2 aliphatic rings. The zero-order valence-corrected chi connectivity index (χ0v) is 15.9. The first-order chi connectivity index (χ1) is 13.2. The van der Waals surface area contributed by atoms with E-state index in [4.69, 9.17) is 0 Å². The second kappa shape index (κ2) is 6.64. The molecule has 5 rings (SSSR count). The van der Waals surface area contributed by atoms with Crippen LogP contribution in [-0.2, 0) is 26.4 Å². The summed E-state index contributed by atoms with van der Waals surface area (Å²) >= 11 is 0. The van der Waals surface area contributed by atoms with Crippen LogP contribution in [0.1, 0.15) is 42.4 Å². The first-order valence-electron chi connectivity index (χ1n) is 10.1. The average Bonchev–Trinajstić information content (AvgIpc) is 3.44. The number of pyridine rings is 1. The van der Waals surface area contributed by atoms with Crippen LogP contribution in [0, 0.1) is 5.92 Å². The Morgan fingerprint density at radius 1 is 1.19 bits per heavy atom. The smallest absolute Gasteiger partial charge is 0.260 e. The van der Waals surface area contributed by atoms with E-state index in [-0.39, 0.29) is 5.56 Å². The summed E-state index contributed by atoms with van der Waals surface area (Å²) in [5.41, 5.74) is 5.39. The number of fused-ring (bicyclic) bond motifs is 3. The standard InChI is InChI=1S/C22H26N4O/c1-25-21-20(14-24-25)18-7-2-3-8-19(18)22(27)26(21)17-6-4-5-16(11-17)13-23-12-15-9-10-15/h4-6,11,14-15,23H,2-3,7-10,12-13H2,1H3. The van der Waals surface area contributed by atoms with E-state index in [0.717, 1.165) is 67.0 Å². The van der Waals surface area contributed by atoms with Gasteiger partial charge < -0.3 is 5.32 Å². The zero-order chi connectivity index (χ0) is 18.4. The van der Waals surface area contributed by atoms with Crippen molar-refractivity contribution < 1.29 is 0 Å². The molecule has 1 saturated carbocycles. The first kappa shape index (κ1) is 16.8. The van der Waals surface area contributed by atoms with E-state index in [2.05, 4.69) is 28.6 Å². The summed E-state index contributed by atoms with van der Waals surface area (Å²) in [6, 6.07) is 8.36. The van der Waals surface area contributed by atoms with Crippen molar-refractivity contribution in [2.24, 2.45) is 13.0 Å². The molecular formula is C22H26N4O. The van der Waals surface area contributed by atoms with Gasteiger partial charge >= 0.3 is 0 Å². The van der Waals surface area contributed by atoms with Gasteiger partial charge in [-0.3, -0.25) is 14.0 Å². The fourth-order valence-electron chi connectivity index (χ4n) is 4.37. The lowest BCUT2D eigenvalue weighted by Gasteiger charge is -2.20. The quantitative estimate of drug-likeness (QED) is 0.759. The summed E-state index contributed by atoms with van der Waals surface area (Å²) in [4.78, 5) is 13.4. The average molecular weight is 362 g/mol. The van der Waals surface area contributed by atoms with Crippen LogP contribution >= 0.6 is 0 Å². The number of benzene rings is 1. The molecule has 140 valence electrons. The van der Waals surface area contributed by atoms with Crippen molar-refractivity contribution in [3.8, 4) is 5.69 Å². The third kappa shape index (κ3) is 3.00. The molecule has 2 aromatic heterocycles. The van der Waals surface area contributed by atoms with E-state index in [9.17, 15) is 4.79 Å². The molecule has 3 aromatic rings. The fourth-order valence-corrected chi connectivity index (χ4v) is 4.37. The van der Waals surface area contributed by atoms with Gasteiger partial charge in [0.15, 0.2) is 0 Å². The van der Waals surface area contributed by atoms with Gasteiger partial charge in [-0.2, -0.15) is 5.10 Å². The van der Waals surface area contributed by atoms with Gasteiger partial charge in [0.05, 0.1) is 11.9 Å². The molecule has 5 heteroatoms. The van der Waals surface area contributed by atoms with Crippen molar-refractivity contribution in [1.29, 1.82) is 0 Å². The SMILES string of the molecule is Cn1ncc2c3c(c(=O)n(-c4cccc(CNCC5CC5)c4)c21)CCCC3. The molecule has 1 fully saturated rings. The number of nitrogens with zero attached hydrogens (tertiary/aromatic N) is 3. The molecule has 2 aliphatic carbocycles. The van der Waals surface area contributed by atoms with E-state index in [1.165, 1.54) is 24.0 Å². The van der Waals surface area contributed by atoms with Gasteiger partial charge in [-0.25, -0.2) is 0 Å². The molecule has 0 saturated heterocycles. The Labute approximate surface area is 159 Å². The number of nitrogens with one attached hydrogen (secondary N) is 1. The highest BCUT2D eigenvalue weighted by Crippen LogP contribution is 2.29. The summed E-state index contributed by atoms with van der Waals surface area (Å²) in [7, 11) is 1.93. The maximum absolute atomic E-state index is 13.4. The van der Waals surface area contributed by atoms with E-state index in [1.807, 2.05) is 28.6 Å². The largest absolute Gasteiger partial charge is 0.312 e. The number of aryl methyl sites for hydroxylation is 2. The lowest BCUT2D eigenvalue weighted by atomic mass is 9.91. The molecule has 0 aliphatic heterocycles. The Hall–Kier alpha value is -2.40. The van der Waals surface area contributed by atoms with Crippen LogP contribution in [0.3, 0.4) is 0 Å². The fraction of sp³-hybridized carbons (Fsp3) is 0.455. The second-order valence-electron chi connectivity index (χ2n) is 8.05. The second-order valence-corrected chi connectivity index (χ2v) is 8.05. The van der Waals surface area contributed by atoms with E-state index in [0.29, 0.717) is 0 Å². The van der Waals surface area contributed by atoms with Gasteiger partial charge in [0.25, 0.3) is 5.56 Å². The lowest BCUT2D eigenvalue weighted by molar-refractivity contribution is 0.638. The van der Waals surface area contributed by atoms with Crippen LogP contribution in [0.25, 0.3) is 16.7 Å². The van der Waals surface area contributed by atoms with E-state index < -0.39 is 0 Å². The van der Waals surface area contributed by atoms with Crippen LogP contribution in [0.4, 0.5) is 0 Å². The van der Waals surface area contributed by atoms with E-state index >= 15 is 0 Å². The molecule has 0 atom stereocenters. The minimum absolute atomic E-state index is 0.129. The van der Waals surface area contributed by atoms with Crippen LogP contribution in [0.2, 0.25) is 0 Å². The van der Waals surface area contributed by atoms with Crippen molar-refractivity contribution in [3.63, 3.8) is 0 Å². The summed E-state index contributed by atoms with van der Waals surface area (Å²) in [5.74, 6) is 0.866. The number of hydrogen-bond donors (Lipinski definition) is 1. The van der Waals surface area contributed by atoms with Crippen molar-refractivity contribution in [3.05, 3.63) is 57.5 Å². The zero-order valence-electron chi connectivity index (χ0n) is 15.9. The third-order valence-corrected chi connectivity index (χ3v) is 6.00. The Morgan fingerprint density at radius 2 is 2.00 bits per heavy atom. The van der Waals surface area contributed by atoms with Crippen molar-refractivity contribution in [1.82, 2.24) is 19.7 Å². The van der Waals surface area contributed by atoms with Gasteiger partial charge in [0, 0.05) is 24.5 Å². The molecular weight excluding hydrogens is 336 g/mol. The highest BCUT2D eigenvalue weighted by Gasteiger charge is 2.23. The van der Waals surface area contributed by atoms with Gasteiger partial charge in [-0.1, -0.05) is 12.1 Å². The van der Waals surface area contributed by atoms with Gasteiger partial charge in [-0.15, -0.1) is 0 Å². The van der Waals surface area contributed by atoms with E-state index in [1.54, 1.807) is 0 Å².